The highest BCUT2D eigenvalue weighted by Gasteiger charge is 2.78. The smallest absolute Gasteiger partial charge is 0.384 e. The van der Waals surface area contributed by atoms with Gasteiger partial charge in [0, 0.05) is 37.2 Å². The van der Waals surface area contributed by atoms with E-state index in [2.05, 4.69) is 0 Å². The van der Waals surface area contributed by atoms with E-state index in [0.29, 0.717) is 29.7 Å². The number of carbonyl (C=O) groups excluding carboxylic acids is 1. The number of amides is 1. The number of halogens is 4. The van der Waals surface area contributed by atoms with Gasteiger partial charge in [-0.05, 0) is 42.6 Å². The van der Waals surface area contributed by atoms with Crippen LogP contribution in [0.15, 0.2) is 48.5 Å². The number of ether oxygens (including phenoxy) is 1. The van der Waals surface area contributed by atoms with Gasteiger partial charge in [-0.2, -0.15) is 13.2 Å². The van der Waals surface area contributed by atoms with Gasteiger partial charge in [-0.25, -0.2) is 4.39 Å². The molecule has 1 amide bonds. The third kappa shape index (κ3) is 3.45. The van der Waals surface area contributed by atoms with Crippen LogP contribution in [0, 0.1) is 23.1 Å². The van der Waals surface area contributed by atoms with Crippen molar-refractivity contribution in [3.63, 3.8) is 0 Å². The van der Waals surface area contributed by atoms with Gasteiger partial charge >= 0.3 is 6.18 Å². The van der Waals surface area contributed by atoms with Crippen molar-refractivity contribution in [2.24, 2.45) is 17.6 Å². The number of methoxy groups -OCH3 is 1. The number of hydrogen-bond acceptors (Lipinski definition) is 4. The first kappa shape index (κ1) is 23.7. The summed E-state index contributed by atoms with van der Waals surface area (Å²) >= 11 is 0. The number of likely N-dealkylation sites (tertiary alicyclic amines) is 1. The van der Waals surface area contributed by atoms with Crippen LogP contribution in [0.1, 0.15) is 35.6 Å². The molecule has 0 saturated carbocycles. The molecule has 0 aromatic heterocycles. The summed E-state index contributed by atoms with van der Waals surface area (Å²) in [4.78, 5) is 16.7. The lowest BCUT2D eigenvalue weighted by atomic mass is 9.79. The van der Waals surface area contributed by atoms with E-state index in [-0.39, 0.29) is 12.4 Å². The maximum atomic E-state index is 14.9. The van der Waals surface area contributed by atoms with Crippen molar-refractivity contribution in [1.82, 2.24) is 9.80 Å². The zero-order valence-electron chi connectivity index (χ0n) is 19.1. The summed E-state index contributed by atoms with van der Waals surface area (Å²) < 4.78 is 63.6. The summed E-state index contributed by atoms with van der Waals surface area (Å²) in [5.74, 6) is -3.35. The number of amidine groups is 1. The quantitative estimate of drug-likeness (QED) is 0.380. The van der Waals surface area contributed by atoms with Gasteiger partial charge in [-0.15, -0.1) is 0 Å². The Morgan fingerprint density at radius 2 is 1.83 bits per heavy atom. The Morgan fingerprint density at radius 1 is 1.17 bits per heavy atom. The molecule has 2 aromatic carbocycles. The van der Waals surface area contributed by atoms with E-state index in [1.54, 1.807) is 24.3 Å². The molecular formula is C25H26F4N4O2. The number of benzene rings is 2. The van der Waals surface area contributed by atoms with Crippen LogP contribution in [0.2, 0.25) is 0 Å². The number of alkyl halides is 3. The fourth-order valence-electron chi connectivity index (χ4n) is 6.43. The summed E-state index contributed by atoms with van der Waals surface area (Å²) in [5, 5.41) is 7.62. The highest BCUT2D eigenvalue weighted by molar-refractivity contribution is 5.95. The van der Waals surface area contributed by atoms with Crippen molar-refractivity contribution >= 4 is 11.7 Å². The minimum atomic E-state index is -4.85. The molecule has 5 atom stereocenters. The van der Waals surface area contributed by atoms with Crippen LogP contribution in [-0.4, -0.2) is 53.1 Å². The van der Waals surface area contributed by atoms with Crippen LogP contribution in [0.3, 0.4) is 0 Å². The van der Waals surface area contributed by atoms with Crippen LogP contribution < -0.4 is 5.73 Å². The van der Waals surface area contributed by atoms with E-state index in [1.165, 1.54) is 12.1 Å². The van der Waals surface area contributed by atoms with E-state index in [0.717, 1.165) is 30.6 Å². The molecule has 10 heteroatoms. The Kier molecular flexibility index (Phi) is 5.63. The number of nitrogens with one attached hydrogen (secondary N) is 1. The monoisotopic (exact) mass is 490 g/mol. The average Bonchev–Trinajstić information content (AvgIpc) is 3.46. The Bertz CT molecular complexity index is 1140. The fraction of sp³-hybridized carbons (Fsp3) is 0.440. The minimum absolute atomic E-state index is 0.113. The summed E-state index contributed by atoms with van der Waals surface area (Å²) in [7, 11) is 1.01. The number of nitrogen functional groups attached to an aromatic ring is 1. The van der Waals surface area contributed by atoms with Gasteiger partial charge < -0.3 is 15.4 Å². The molecule has 3 N–H and O–H groups in total. The Labute approximate surface area is 200 Å². The standard InChI is InChI=1S/C25H26F4N4O2/c1-35-24(25(27,28)29)20-18-3-2-12-32(18)21(15-6-8-16(9-7-15)22(30)31)19(20)23(34)33(24)13-14-4-10-17(26)11-5-14/h4-11,18-21H,2-3,12-13H2,1H3,(H3,30,31)/t18-,19-,20-,21-,24-/m0/s1. The predicted molar refractivity (Wildman–Crippen MR) is 120 cm³/mol. The second-order valence-electron chi connectivity index (χ2n) is 9.43. The Balaban J connectivity index is 1.62. The molecule has 3 heterocycles. The van der Waals surface area contributed by atoms with Crippen molar-refractivity contribution < 1.29 is 27.1 Å². The fourth-order valence-corrected chi connectivity index (χ4v) is 6.43. The van der Waals surface area contributed by atoms with E-state index < -0.39 is 47.5 Å². The van der Waals surface area contributed by atoms with Crippen LogP contribution in [0.4, 0.5) is 17.6 Å². The predicted octanol–water partition coefficient (Wildman–Crippen LogP) is 3.81. The van der Waals surface area contributed by atoms with Crippen molar-refractivity contribution in [1.29, 1.82) is 5.41 Å². The molecule has 3 aliphatic rings. The molecule has 6 nitrogen and oxygen atoms in total. The second-order valence-corrected chi connectivity index (χ2v) is 9.43. The van der Waals surface area contributed by atoms with E-state index in [4.69, 9.17) is 15.9 Å². The van der Waals surface area contributed by atoms with Crippen molar-refractivity contribution in [3.05, 3.63) is 71.0 Å². The van der Waals surface area contributed by atoms with Crippen LogP contribution >= 0.6 is 0 Å². The molecule has 3 fully saturated rings. The molecular weight excluding hydrogens is 464 g/mol. The van der Waals surface area contributed by atoms with Gasteiger partial charge in [0.15, 0.2) is 0 Å². The van der Waals surface area contributed by atoms with Crippen LogP contribution in [0.25, 0.3) is 0 Å². The van der Waals surface area contributed by atoms with Crippen molar-refractivity contribution in [2.45, 2.75) is 43.4 Å². The number of fused-ring (bicyclic) bond motifs is 3. The molecule has 0 spiro atoms. The molecule has 0 bridgehead atoms. The molecule has 3 aliphatic heterocycles. The van der Waals surface area contributed by atoms with Gasteiger partial charge in [0.05, 0.1) is 5.92 Å². The van der Waals surface area contributed by atoms with E-state index in [9.17, 15) is 22.4 Å². The molecule has 35 heavy (non-hydrogen) atoms. The zero-order chi connectivity index (χ0) is 25.1. The van der Waals surface area contributed by atoms with E-state index in [1.807, 2.05) is 4.90 Å². The minimum Gasteiger partial charge on any atom is -0.384 e. The first-order valence-electron chi connectivity index (χ1n) is 11.5. The van der Waals surface area contributed by atoms with Gasteiger partial charge in [0.1, 0.15) is 11.7 Å². The van der Waals surface area contributed by atoms with Crippen LogP contribution in [-0.2, 0) is 16.1 Å². The van der Waals surface area contributed by atoms with Gasteiger partial charge in [-0.1, -0.05) is 36.4 Å². The highest BCUT2D eigenvalue weighted by Crippen LogP contribution is 2.62. The summed E-state index contributed by atoms with van der Waals surface area (Å²) in [6, 6.07) is 10.8. The molecule has 2 aromatic rings. The molecule has 0 unspecified atom stereocenters. The summed E-state index contributed by atoms with van der Waals surface area (Å²) in [6.45, 7) is 0.238. The molecule has 3 saturated heterocycles. The largest absolute Gasteiger partial charge is 0.437 e. The number of hydrogen-bond donors (Lipinski definition) is 2. The number of nitrogens with zero attached hydrogens (tertiary/aromatic N) is 2. The first-order valence-corrected chi connectivity index (χ1v) is 11.5. The second kappa shape index (κ2) is 8.30. The highest BCUT2D eigenvalue weighted by atomic mass is 19.4. The Hall–Kier alpha value is -2.98. The Morgan fingerprint density at radius 3 is 2.40 bits per heavy atom. The van der Waals surface area contributed by atoms with E-state index >= 15 is 0 Å². The SMILES string of the molecule is CO[C@]1(C(F)(F)F)[C@@H]2[C@H](C(=O)N1Cc1ccc(F)cc1)[C@H](c1ccc(C(=N)N)cc1)N1CCC[C@@H]21. The maximum Gasteiger partial charge on any atom is 0.437 e. The van der Waals surface area contributed by atoms with Gasteiger partial charge in [0.2, 0.25) is 11.6 Å². The zero-order valence-corrected chi connectivity index (χ0v) is 19.1. The first-order chi connectivity index (χ1) is 16.6. The van der Waals surface area contributed by atoms with Gasteiger partial charge in [0.25, 0.3) is 0 Å². The lowest BCUT2D eigenvalue weighted by Crippen LogP contribution is -2.63. The van der Waals surface area contributed by atoms with Crippen LogP contribution in [0.5, 0.6) is 0 Å². The average molecular weight is 491 g/mol. The molecule has 186 valence electrons. The summed E-state index contributed by atoms with van der Waals surface area (Å²) in [5.41, 5.74) is 4.35. The number of rotatable bonds is 5. The third-order valence-corrected chi connectivity index (χ3v) is 7.78. The number of nitrogens with two attached hydrogens (primary N) is 1. The number of carbonyl (C=O) groups is 1. The van der Waals surface area contributed by atoms with Crippen molar-refractivity contribution in [2.75, 3.05) is 13.7 Å². The molecule has 5 rings (SSSR count). The van der Waals surface area contributed by atoms with Gasteiger partial charge in [-0.3, -0.25) is 15.1 Å². The maximum absolute atomic E-state index is 14.9. The molecule has 0 radical (unpaired) electrons. The normalized spacial score (nSPS) is 30.5. The van der Waals surface area contributed by atoms with Crippen molar-refractivity contribution in [3.8, 4) is 0 Å². The molecule has 0 aliphatic carbocycles. The lowest BCUT2D eigenvalue weighted by Gasteiger charge is -2.43. The summed E-state index contributed by atoms with van der Waals surface area (Å²) in [6.07, 6.45) is -3.60. The topological polar surface area (TPSA) is 82.6 Å². The lowest BCUT2D eigenvalue weighted by molar-refractivity contribution is -0.331. The third-order valence-electron chi connectivity index (χ3n) is 7.78.